The maximum Gasteiger partial charge on any atom is 0.339 e. The first-order chi connectivity index (χ1) is 12.4. The van der Waals surface area contributed by atoms with Crippen molar-refractivity contribution in [3.05, 3.63) is 71.3 Å². The van der Waals surface area contributed by atoms with Crippen molar-refractivity contribution < 1.29 is 23.1 Å². The summed E-state index contributed by atoms with van der Waals surface area (Å²) in [6, 6.07) is 12.1. The topological polar surface area (TPSA) is 55.4 Å². The van der Waals surface area contributed by atoms with E-state index in [2.05, 4.69) is 5.32 Å². The summed E-state index contributed by atoms with van der Waals surface area (Å²) in [5.74, 6) is -3.06. The molecule has 0 fully saturated rings. The summed E-state index contributed by atoms with van der Waals surface area (Å²) >= 11 is 0. The summed E-state index contributed by atoms with van der Waals surface area (Å²) in [4.78, 5) is 24.1. The van der Waals surface area contributed by atoms with Crippen molar-refractivity contribution in [3.8, 4) is 0 Å². The highest BCUT2D eigenvalue weighted by atomic mass is 19.1. The highest BCUT2D eigenvalue weighted by molar-refractivity contribution is 5.92. The van der Waals surface area contributed by atoms with Crippen LogP contribution in [-0.2, 0) is 9.53 Å². The second-order valence-electron chi connectivity index (χ2n) is 5.97. The number of halogens is 2. The zero-order valence-electron chi connectivity index (χ0n) is 14.7. The van der Waals surface area contributed by atoms with Crippen LogP contribution >= 0.6 is 0 Å². The van der Waals surface area contributed by atoms with E-state index in [0.717, 1.165) is 24.1 Å². The van der Waals surface area contributed by atoms with E-state index >= 15 is 0 Å². The van der Waals surface area contributed by atoms with Crippen molar-refractivity contribution in [1.82, 2.24) is 5.32 Å². The molecule has 0 saturated heterocycles. The minimum atomic E-state index is -1.08. The van der Waals surface area contributed by atoms with Crippen LogP contribution in [0.5, 0.6) is 0 Å². The molecule has 6 heteroatoms. The Hall–Kier alpha value is -2.76. The average Bonchev–Trinajstić information content (AvgIpc) is 2.62. The molecule has 2 rings (SSSR count). The number of benzene rings is 2. The molecule has 0 unspecified atom stereocenters. The molecule has 0 aliphatic heterocycles. The third kappa shape index (κ3) is 5.37. The SMILES string of the molecule is CC[C@@H](CNC(=O)[C@H](C)OC(=O)c1cc(F)cc(F)c1)c1ccccc1. The molecule has 0 aromatic heterocycles. The van der Waals surface area contributed by atoms with Gasteiger partial charge in [0.15, 0.2) is 6.10 Å². The summed E-state index contributed by atoms with van der Waals surface area (Å²) in [7, 11) is 0. The number of carbonyl (C=O) groups is 2. The molecule has 1 amide bonds. The fourth-order valence-electron chi connectivity index (χ4n) is 2.54. The molecule has 26 heavy (non-hydrogen) atoms. The van der Waals surface area contributed by atoms with Gasteiger partial charge in [-0.25, -0.2) is 13.6 Å². The molecular weight excluding hydrogens is 340 g/mol. The number of hydrogen-bond donors (Lipinski definition) is 1. The minimum Gasteiger partial charge on any atom is -0.449 e. The molecule has 1 N–H and O–H groups in total. The van der Waals surface area contributed by atoms with E-state index in [0.29, 0.717) is 12.6 Å². The largest absolute Gasteiger partial charge is 0.449 e. The number of nitrogens with one attached hydrogen (secondary N) is 1. The highest BCUT2D eigenvalue weighted by Crippen LogP contribution is 2.18. The van der Waals surface area contributed by atoms with Crippen LogP contribution in [0.25, 0.3) is 0 Å². The van der Waals surface area contributed by atoms with Crippen LogP contribution in [0, 0.1) is 11.6 Å². The third-order valence-electron chi connectivity index (χ3n) is 4.04. The van der Waals surface area contributed by atoms with Gasteiger partial charge in [-0.1, -0.05) is 37.3 Å². The molecule has 0 radical (unpaired) electrons. The normalized spacial score (nSPS) is 12.9. The van der Waals surface area contributed by atoms with Gasteiger partial charge in [0.1, 0.15) is 11.6 Å². The lowest BCUT2D eigenvalue weighted by molar-refractivity contribution is -0.129. The van der Waals surface area contributed by atoms with E-state index in [-0.39, 0.29) is 11.5 Å². The van der Waals surface area contributed by atoms with Crippen LogP contribution in [0.2, 0.25) is 0 Å². The second-order valence-corrected chi connectivity index (χ2v) is 5.97. The van der Waals surface area contributed by atoms with Crippen LogP contribution in [0.15, 0.2) is 48.5 Å². The monoisotopic (exact) mass is 361 g/mol. The van der Waals surface area contributed by atoms with Gasteiger partial charge >= 0.3 is 5.97 Å². The number of hydrogen-bond acceptors (Lipinski definition) is 3. The molecule has 0 saturated carbocycles. The van der Waals surface area contributed by atoms with E-state index in [1.807, 2.05) is 37.3 Å². The number of esters is 1. The summed E-state index contributed by atoms with van der Waals surface area (Å²) in [5.41, 5.74) is 0.827. The summed E-state index contributed by atoms with van der Waals surface area (Å²) in [6.45, 7) is 3.83. The van der Waals surface area contributed by atoms with Crippen LogP contribution in [0.3, 0.4) is 0 Å². The van der Waals surface area contributed by atoms with Crippen LogP contribution < -0.4 is 5.32 Å². The zero-order valence-corrected chi connectivity index (χ0v) is 14.7. The van der Waals surface area contributed by atoms with Crippen LogP contribution in [-0.4, -0.2) is 24.5 Å². The first-order valence-electron chi connectivity index (χ1n) is 8.40. The molecule has 2 atom stereocenters. The lowest BCUT2D eigenvalue weighted by Gasteiger charge is -2.18. The molecular formula is C20H21F2NO3. The number of carbonyl (C=O) groups excluding carboxylic acids is 2. The standard InChI is InChI=1S/C20H21F2NO3/c1-3-14(15-7-5-4-6-8-15)12-23-19(24)13(2)26-20(25)16-9-17(21)11-18(22)10-16/h4-11,13-14H,3,12H2,1-2H3,(H,23,24)/t13-,14-/m0/s1. The van der Waals surface area contributed by atoms with E-state index < -0.39 is 29.6 Å². The third-order valence-corrected chi connectivity index (χ3v) is 4.04. The van der Waals surface area contributed by atoms with E-state index in [9.17, 15) is 18.4 Å². The summed E-state index contributed by atoms with van der Waals surface area (Å²) in [5, 5.41) is 2.75. The van der Waals surface area contributed by atoms with Crippen molar-refractivity contribution in [2.45, 2.75) is 32.3 Å². The molecule has 138 valence electrons. The summed E-state index contributed by atoms with van der Waals surface area (Å²) < 4.78 is 31.3. The second kappa shape index (κ2) is 9.08. The van der Waals surface area contributed by atoms with Gasteiger partial charge in [0.05, 0.1) is 5.56 Å². The van der Waals surface area contributed by atoms with E-state index in [4.69, 9.17) is 4.74 Å². The lowest BCUT2D eigenvalue weighted by atomic mass is 9.96. The Bertz CT molecular complexity index is 745. The minimum absolute atomic E-state index is 0.139. The van der Waals surface area contributed by atoms with Gasteiger partial charge < -0.3 is 10.1 Å². The highest BCUT2D eigenvalue weighted by Gasteiger charge is 2.21. The molecule has 0 heterocycles. The molecule has 0 spiro atoms. The van der Waals surface area contributed by atoms with Crippen molar-refractivity contribution >= 4 is 11.9 Å². The van der Waals surface area contributed by atoms with Crippen LogP contribution in [0.4, 0.5) is 8.78 Å². The van der Waals surface area contributed by atoms with Crippen molar-refractivity contribution in [2.24, 2.45) is 0 Å². The smallest absolute Gasteiger partial charge is 0.339 e. The van der Waals surface area contributed by atoms with Crippen LogP contribution in [0.1, 0.15) is 42.1 Å². The van der Waals surface area contributed by atoms with Gasteiger partial charge in [0, 0.05) is 18.5 Å². The quantitative estimate of drug-likeness (QED) is 0.763. The Kier molecular flexibility index (Phi) is 6.83. The molecule has 0 aliphatic carbocycles. The van der Waals surface area contributed by atoms with E-state index in [1.165, 1.54) is 6.92 Å². The maximum absolute atomic E-state index is 13.2. The lowest BCUT2D eigenvalue weighted by Crippen LogP contribution is -2.38. The maximum atomic E-state index is 13.2. The van der Waals surface area contributed by atoms with Crippen molar-refractivity contribution in [1.29, 1.82) is 0 Å². The number of ether oxygens (including phenoxy) is 1. The van der Waals surface area contributed by atoms with Gasteiger partial charge in [-0.05, 0) is 31.0 Å². The van der Waals surface area contributed by atoms with Gasteiger partial charge in [-0.15, -0.1) is 0 Å². The predicted octanol–water partition coefficient (Wildman–Crippen LogP) is 3.82. The Morgan fingerprint density at radius 3 is 2.27 bits per heavy atom. The first-order valence-corrected chi connectivity index (χ1v) is 8.40. The number of amides is 1. The number of rotatable bonds is 7. The Morgan fingerprint density at radius 2 is 1.69 bits per heavy atom. The molecule has 2 aromatic rings. The Morgan fingerprint density at radius 1 is 1.08 bits per heavy atom. The van der Waals surface area contributed by atoms with Crippen molar-refractivity contribution in [2.75, 3.05) is 6.54 Å². The van der Waals surface area contributed by atoms with Gasteiger partial charge in [-0.3, -0.25) is 4.79 Å². The van der Waals surface area contributed by atoms with Gasteiger partial charge in [0.25, 0.3) is 5.91 Å². The Balaban J connectivity index is 1.91. The fraction of sp³-hybridized carbons (Fsp3) is 0.300. The summed E-state index contributed by atoms with van der Waals surface area (Å²) in [6.07, 6.45) is -0.247. The van der Waals surface area contributed by atoms with Gasteiger partial charge in [-0.2, -0.15) is 0 Å². The molecule has 0 bridgehead atoms. The van der Waals surface area contributed by atoms with E-state index in [1.54, 1.807) is 0 Å². The zero-order chi connectivity index (χ0) is 19.1. The van der Waals surface area contributed by atoms with Gasteiger partial charge in [0.2, 0.25) is 0 Å². The first kappa shape index (κ1) is 19.6. The predicted molar refractivity (Wildman–Crippen MR) is 93.7 cm³/mol. The van der Waals surface area contributed by atoms with Crippen molar-refractivity contribution in [3.63, 3.8) is 0 Å². The Labute approximate surface area is 151 Å². The average molecular weight is 361 g/mol. The fourth-order valence-corrected chi connectivity index (χ4v) is 2.54. The molecule has 2 aromatic carbocycles. The molecule has 0 aliphatic rings. The molecule has 4 nitrogen and oxygen atoms in total.